The number of rotatable bonds is 4. The highest BCUT2D eigenvalue weighted by molar-refractivity contribution is 5.52. The van der Waals surface area contributed by atoms with Crippen molar-refractivity contribution in [1.29, 1.82) is 0 Å². The summed E-state index contributed by atoms with van der Waals surface area (Å²) in [5.74, 6) is 0.295. The molecule has 0 radical (unpaired) electrons. The van der Waals surface area contributed by atoms with Crippen LogP contribution in [-0.4, -0.2) is 23.1 Å². The van der Waals surface area contributed by atoms with Gasteiger partial charge in [0.25, 0.3) is 11.6 Å². The molecule has 1 saturated carbocycles. The maximum atomic E-state index is 10.7. The summed E-state index contributed by atoms with van der Waals surface area (Å²) in [5, 5.41) is 10.7. The Morgan fingerprint density at radius 2 is 2.33 bits per heavy atom. The Balaban J connectivity index is 2.38. The van der Waals surface area contributed by atoms with Crippen LogP contribution in [-0.2, 0) is 0 Å². The maximum absolute atomic E-state index is 10.7. The number of methoxy groups -OCH3 is 1. The lowest BCUT2D eigenvalue weighted by molar-refractivity contribution is -0.386. The van der Waals surface area contributed by atoms with Crippen LogP contribution in [0.2, 0.25) is 0 Å². The van der Waals surface area contributed by atoms with Crippen LogP contribution in [0, 0.1) is 10.1 Å². The smallest absolute Gasteiger partial charge is 0.318 e. The number of nitro groups is 1. The molecule has 1 heterocycles. The molecule has 15 heavy (non-hydrogen) atoms. The van der Waals surface area contributed by atoms with E-state index in [0.29, 0.717) is 0 Å². The molecule has 1 fully saturated rings. The highest BCUT2D eigenvalue weighted by Crippen LogP contribution is 2.38. The Kier molecular flexibility index (Phi) is 2.40. The average Bonchev–Trinajstić information content (AvgIpc) is 3.01. The summed E-state index contributed by atoms with van der Waals surface area (Å²) in [4.78, 5) is 14.1. The number of pyridine rings is 1. The Labute approximate surface area is 86.0 Å². The van der Waals surface area contributed by atoms with Gasteiger partial charge < -0.3 is 9.47 Å². The van der Waals surface area contributed by atoms with Crippen LogP contribution in [0.1, 0.15) is 12.8 Å². The van der Waals surface area contributed by atoms with Crippen molar-refractivity contribution in [1.82, 2.24) is 4.98 Å². The molecule has 0 atom stereocenters. The first-order chi connectivity index (χ1) is 7.22. The second kappa shape index (κ2) is 3.72. The van der Waals surface area contributed by atoms with E-state index in [9.17, 15) is 10.1 Å². The predicted octanol–water partition coefficient (Wildman–Crippen LogP) is 1.54. The van der Waals surface area contributed by atoms with Gasteiger partial charge in [0.1, 0.15) is 0 Å². The average molecular weight is 210 g/mol. The van der Waals surface area contributed by atoms with Crippen LogP contribution in [0.4, 0.5) is 5.69 Å². The molecule has 0 spiro atoms. The SMILES string of the molecule is COc1nccc([N+](=O)[O-])c1OC1CC1. The summed E-state index contributed by atoms with van der Waals surface area (Å²) in [7, 11) is 1.41. The van der Waals surface area contributed by atoms with Crippen molar-refractivity contribution in [3.63, 3.8) is 0 Å². The van der Waals surface area contributed by atoms with Crippen molar-refractivity contribution in [3.05, 3.63) is 22.4 Å². The van der Waals surface area contributed by atoms with Gasteiger partial charge in [-0.2, -0.15) is 0 Å². The highest BCUT2D eigenvalue weighted by atomic mass is 16.6. The molecule has 0 unspecified atom stereocenters. The van der Waals surface area contributed by atoms with E-state index in [1.807, 2.05) is 0 Å². The Morgan fingerprint density at radius 3 is 2.87 bits per heavy atom. The van der Waals surface area contributed by atoms with Crippen LogP contribution in [0.3, 0.4) is 0 Å². The lowest BCUT2D eigenvalue weighted by Gasteiger charge is -2.08. The third-order valence-electron chi connectivity index (χ3n) is 2.05. The number of aromatic nitrogens is 1. The van der Waals surface area contributed by atoms with Gasteiger partial charge in [0.05, 0.1) is 18.1 Å². The summed E-state index contributed by atoms with van der Waals surface area (Å²) in [5.41, 5.74) is -0.103. The molecule has 6 heteroatoms. The molecular weight excluding hydrogens is 200 g/mol. The van der Waals surface area contributed by atoms with Crippen molar-refractivity contribution in [2.75, 3.05) is 7.11 Å². The minimum atomic E-state index is -0.498. The van der Waals surface area contributed by atoms with E-state index in [4.69, 9.17) is 9.47 Å². The number of hydrogen-bond donors (Lipinski definition) is 0. The van der Waals surface area contributed by atoms with Gasteiger partial charge in [-0.25, -0.2) is 4.98 Å². The second-order valence-electron chi connectivity index (χ2n) is 3.24. The van der Waals surface area contributed by atoms with Gasteiger partial charge in [-0.3, -0.25) is 10.1 Å². The lowest BCUT2D eigenvalue weighted by Crippen LogP contribution is -2.03. The molecule has 0 N–H and O–H groups in total. The first-order valence-corrected chi connectivity index (χ1v) is 4.56. The Bertz CT molecular complexity index is 390. The molecule has 6 nitrogen and oxygen atoms in total. The van der Waals surface area contributed by atoms with Gasteiger partial charge in [0.2, 0.25) is 0 Å². The zero-order chi connectivity index (χ0) is 10.8. The predicted molar refractivity (Wildman–Crippen MR) is 51.1 cm³/mol. The van der Waals surface area contributed by atoms with E-state index in [1.165, 1.54) is 19.4 Å². The van der Waals surface area contributed by atoms with Gasteiger partial charge in [-0.05, 0) is 12.8 Å². The molecule has 1 aliphatic carbocycles. The highest BCUT2D eigenvalue weighted by Gasteiger charge is 2.30. The van der Waals surface area contributed by atoms with Crippen LogP contribution < -0.4 is 9.47 Å². The van der Waals surface area contributed by atoms with Gasteiger partial charge in [-0.15, -0.1) is 0 Å². The molecule has 1 aliphatic rings. The third-order valence-corrected chi connectivity index (χ3v) is 2.05. The molecule has 0 saturated heterocycles. The summed E-state index contributed by atoms with van der Waals surface area (Å²) in [6.07, 6.45) is 3.25. The zero-order valence-electron chi connectivity index (χ0n) is 8.17. The summed E-state index contributed by atoms with van der Waals surface area (Å²) >= 11 is 0. The number of hydrogen-bond acceptors (Lipinski definition) is 5. The first-order valence-electron chi connectivity index (χ1n) is 4.56. The molecule has 1 aromatic heterocycles. The van der Waals surface area contributed by atoms with Gasteiger partial charge in [-0.1, -0.05) is 0 Å². The fourth-order valence-electron chi connectivity index (χ4n) is 1.17. The largest absolute Gasteiger partial charge is 0.480 e. The van der Waals surface area contributed by atoms with E-state index >= 15 is 0 Å². The van der Waals surface area contributed by atoms with Crippen LogP contribution in [0.25, 0.3) is 0 Å². The summed E-state index contributed by atoms with van der Waals surface area (Å²) in [6, 6.07) is 1.31. The molecule has 1 aromatic rings. The third kappa shape index (κ3) is 1.98. The molecule has 0 bridgehead atoms. The Morgan fingerprint density at radius 1 is 1.60 bits per heavy atom. The van der Waals surface area contributed by atoms with E-state index in [1.54, 1.807) is 0 Å². The fraction of sp³-hybridized carbons (Fsp3) is 0.444. The monoisotopic (exact) mass is 210 g/mol. The molecule has 2 rings (SSSR count). The lowest BCUT2D eigenvalue weighted by atomic mass is 10.3. The number of ether oxygens (including phenoxy) is 2. The maximum Gasteiger partial charge on any atom is 0.318 e. The second-order valence-corrected chi connectivity index (χ2v) is 3.24. The van der Waals surface area contributed by atoms with Crippen molar-refractivity contribution >= 4 is 5.69 Å². The minimum absolute atomic E-state index is 0.0711. The van der Waals surface area contributed by atoms with Crippen molar-refractivity contribution in [2.24, 2.45) is 0 Å². The van der Waals surface area contributed by atoms with Crippen molar-refractivity contribution in [2.45, 2.75) is 18.9 Å². The number of nitrogens with zero attached hydrogens (tertiary/aromatic N) is 2. The van der Waals surface area contributed by atoms with Gasteiger partial charge in [0.15, 0.2) is 0 Å². The zero-order valence-corrected chi connectivity index (χ0v) is 8.17. The molecule has 80 valence electrons. The van der Waals surface area contributed by atoms with Gasteiger partial charge in [0, 0.05) is 12.3 Å². The van der Waals surface area contributed by atoms with Crippen molar-refractivity contribution < 1.29 is 14.4 Å². The first kappa shape index (κ1) is 9.70. The quantitative estimate of drug-likeness (QED) is 0.556. The normalized spacial score (nSPS) is 14.7. The minimum Gasteiger partial charge on any atom is -0.480 e. The standard InChI is InChI=1S/C9H10N2O4/c1-14-9-8(15-6-2-3-6)7(11(12)13)4-5-10-9/h4-6H,2-3H2,1H3. The van der Waals surface area contributed by atoms with Crippen LogP contribution in [0.15, 0.2) is 12.3 Å². The van der Waals surface area contributed by atoms with E-state index < -0.39 is 4.92 Å². The van der Waals surface area contributed by atoms with E-state index in [-0.39, 0.29) is 23.4 Å². The molecule has 0 aromatic carbocycles. The van der Waals surface area contributed by atoms with Crippen LogP contribution in [0.5, 0.6) is 11.6 Å². The fourth-order valence-corrected chi connectivity index (χ4v) is 1.17. The van der Waals surface area contributed by atoms with Crippen molar-refractivity contribution in [3.8, 4) is 11.6 Å². The Hall–Kier alpha value is -1.85. The van der Waals surface area contributed by atoms with E-state index in [2.05, 4.69) is 4.98 Å². The van der Waals surface area contributed by atoms with Gasteiger partial charge >= 0.3 is 5.69 Å². The van der Waals surface area contributed by atoms with Crippen LogP contribution >= 0.6 is 0 Å². The molecule has 0 aliphatic heterocycles. The summed E-state index contributed by atoms with van der Waals surface area (Å²) < 4.78 is 10.3. The molecular formula is C9H10N2O4. The summed E-state index contributed by atoms with van der Waals surface area (Å²) in [6.45, 7) is 0. The topological polar surface area (TPSA) is 74.5 Å². The molecule has 0 amide bonds. The van der Waals surface area contributed by atoms with E-state index in [0.717, 1.165) is 12.8 Å².